The van der Waals surface area contributed by atoms with Crippen LogP contribution >= 0.6 is 0 Å². The Hall–Kier alpha value is -4.63. The highest BCUT2D eigenvalue weighted by Gasteiger charge is 2.18. The zero-order chi connectivity index (χ0) is 22.2. The van der Waals surface area contributed by atoms with Gasteiger partial charge in [0.25, 0.3) is 6.33 Å². The van der Waals surface area contributed by atoms with Gasteiger partial charge in [-0.3, -0.25) is 9.13 Å². The summed E-state index contributed by atoms with van der Waals surface area (Å²) in [4.78, 5) is 0. The van der Waals surface area contributed by atoms with E-state index in [4.69, 9.17) is 0 Å². The van der Waals surface area contributed by atoms with Crippen LogP contribution in [0.2, 0.25) is 0 Å². The molecule has 34 heavy (non-hydrogen) atoms. The second-order valence-electron chi connectivity index (χ2n) is 8.85. The van der Waals surface area contributed by atoms with Gasteiger partial charge >= 0.3 is 0 Å². The molecule has 0 aliphatic carbocycles. The fraction of sp³-hybridized carbons (Fsp3) is 0. The maximum Gasteiger partial charge on any atom is 0.269 e. The molecule has 0 saturated heterocycles. The van der Waals surface area contributed by atoms with Crippen molar-refractivity contribution in [3.05, 3.63) is 122 Å². The van der Waals surface area contributed by atoms with Crippen LogP contribution in [0, 0.1) is 6.33 Å². The van der Waals surface area contributed by atoms with Crippen molar-refractivity contribution >= 4 is 49.1 Å². The molecule has 0 unspecified atom stereocenters. The first-order valence-corrected chi connectivity index (χ1v) is 11.6. The number of imidazole rings is 1. The molecule has 0 N–H and O–H groups in total. The van der Waals surface area contributed by atoms with Gasteiger partial charge in [0, 0.05) is 21.5 Å². The van der Waals surface area contributed by atoms with Gasteiger partial charge in [-0.25, -0.2) is 0 Å². The molecule has 0 fully saturated rings. The minimum absolute atomic E-state index is 1.10. The first kappa shape index (κ1) is 17.9. The van der Waals surface area contributed by atoms with E-state index >= 15 is 0 Å². The van der Waals surface area contributed by atoms with Crippen molar-refractivity contribution in [3.63, 3.8) is 0 Å². The smallest absolute Gasteiger partial charge is 0.269 e. The van der Waals surface area contributed by atoms with Crippen LogP contribution in [-0.2, 0) is 0 Å². The lowest BCUT2D eigenvalue weighted by atomic mass is 10.1. The van der Waals surface area contributed by atoms with E-state index in [0.717, 1.165) is 22.4 Å². The Bertz CT molecular complexity index is 2010. The molecule has 3 aromatic heterocycles. The molecule has 0 amide bonds. The minimum Gasteiger partial charge on any atom is -0.308 e. The fourth-order valence-corrected chi connectivity index (χ4v) is 5.58. The van der Waals surface area contributed by atoms with Crippen molar-refractivity contribution in [2.75, 3.05) is 0 Å². The van der Waals surface area contributed by atoms with E-state index in [-0.39, 0.29) is 0 Å². The second-order valence-corrected chi connectivity index (χ2v) is 8.85. The number of fused-ring (bicyclic) bond motifs is 7. The van der Waals surface area contributed by atoms with Crippen LogP contribution in [0.3, 0.4) is 0 Å². The minimum atomic E-state index is 1.10. The van der Waals surface area contributed by atoms with Gasteiger partial charge < -0.3 is 4.40 Å². The Morgan fingerprint density at radius 1 is 0.529 bits per heavy atom. The van der Waals surface area contributed by atoms with Crippen LogP contribution in [0.4, 0.5) is 0 Å². The molecule has 0 atom stereocenters. The Balaban J connectivity index is 1.47. The predicted octanol–water partition coefficient (Wildman–Crippen LogP) is 6.86. The predicted molar refractivity (Wildman–Crippen MR) is 138 cm³/mol. The quantitative estimate of drug-likeness (QED) is 0.209. The Kier molecular flexibility index (Phi) is 3.39. The van der Waals surface area contributed by atoms with E-state index in [9.17, 15) is 0 Å². The molecule has 0 saturated carbocycles. The Morgan fingerprint density at radius 2 is 1.21 bits per heavy atom. The molecule has 8 rings (SSSR count). The SMILES string of the molecule is [c-]1n(-c2ccc3c4cccc5c6ccccc6n(c3c2)c54)c2ccccc2[n+]1-c1ccccc1. The number of rotatable bonds is 2. The van der Waals surface area contributed by atoms with Crippen LogP contribution in [0.1, 0.15) is 0 Å². The largest absolute Gasteiger partial charge is 0.308 e. The fourth-order valence-electron chi connectivity index (χ4n) is 5.58. The molecule has 5 aromatic carbocycles. The van der Waals surface area contributed by atoms with Crippen molar-refractivity contribution in [3.8, 4) is 11.4 Å². The summed E-state index contributed by atoms with van der Waals surface area (Å²) in [7, 11) is 0. The number of hydrogen-bond acceptors (Lipinski definition) is 0. The van der Waals surface area contributed by atoms with Crippen molar-refractivity contribution in [2.24, 2.45) is 0 Å². The van der Waals surface area contributed by atoms with E-state index < -0.39 is 0 Å². The molecule has 3 heterocycles. The third kappa shape index (κ3) is 2.23. The van der Waals surface area contributed by atoms with Gasteiger partial charge in [0.2, 0.25) is 0 Å². The molecule has 0 spiro atoms. The number of nitrogens with zero attached hydrogens (tertiary/aromatic N) is 3. The maximum absolute atomic E-state index is 3.61. The molecule has 3 heteroatoms. The number of para-hydroxylation sites is 5. The lowest BCUT2D eigenvalue weighted by Gasteiger charge is -2.05. The Morgan fingerprint density at radius 3 is 2.06 bits per heavy atom. The van der Waals surface area contributed by atoms with Crippen LogP contribution in [0.5, 0.6) is 0 Å². The maximum atomic E-state index is 3.61. The summed E-state index contributed by atoms with van der Waals surface area (Å²) in [6, 6.07) is 41.0. The van der Waals surface area contributed by atoms with Gasteiger partial charge in [-0.15, -0.1) is 0 Å². The highest BCUT2D eigenvalue weighted by molar-refractivity contribution is 6.23. The first-order chi connectivity index (χ1) is 16.9. The lowest BCUT2D eigenvalue weighted by Crippen LogP contribution is -2.29. The molecule has 0 aliphatic rings. The van der Waals surface area contributed by atoms with E-state index in [0.29, 0.717) is 0 Å². The van der Waals surface area contributed by atoms with Gasteiger partial charge in [-0.05, 0) is 30.3 Å². The van der Waals surface area contributed by atoms with Crippen LogP contribution in [0.25, 0.3) is 60.5 Å². The van der Waals surface area contributed by atoms with Crippen molar-refractivity contribution in [2.45, 2.75) is 0 Å². The summed E-state index contributed by atoms with van der Waals surface area (Å²) in [6.07, 6.45) is 3.61. The second kappa shape index (κ2) is 6.46. The van der Waals surface area contributed by atoms with Crippen LogP contribution < -0.4 is 4.57 Å². The summed E-state index contributed by atoms with van der Waals surface area (Å²) >= 11 is 0. The summed E-state index contributed by atoms with van der Waals surface area (Å²) in [5, 5.41) is 5.19. The third-order valence-electron chi connectivity index (χ3n) is 7.04. The van der Waals surface area contributed by atoms with Crippen LogP contribution in [0.15, 0.2) is 115 Å². The summed E-state index contributed by atoms with van der Waals surface area (Å²) in [5.41, 5.74) is 8.24. The molecule has 158 valence electrons. The highest BCUT2D eigenvalue weighted by Crippen LogP contribution is 2.39. The van der Waals surface area contributed by atoms with Crippen molar-refractivity contribution in [1.29, 1.82) is 0 Å². The standard InChI is InChI=1S/C31H19N3/c1-2-9-21(10-3-1)32-20-33(29-16-7-6-15-28(29)32)22-17-18-24-26-13-8-12-25-23-11-4-5-14-27(23)34(31(25)26)30(24)19-22/h1-19H. The topological polar surface area (TPSA) is 13.2 Å². The molecular weight excluding hydrogens is 414 g/mol. The summed E-state index contributed by atoms with van der Waals surface area (Å²) in [6.45, 7) is 0. The molecule has 0 bridgehead atoms. The molecule has 3 nitrogen and oxygen atoms in total. The molecule has 8 aromatic rings. The van der Waals surface area contributed by atoms with Gasteiger partial charge in [0.05, 0.1) is 39.0 Å². The van der Waals surface area contributed by atoms with Gasteiger partial charge in [-0.2, -0.15) is 0 Å². The number of aromatic nitrogens is 3. The van der Waals surface area contributed by atoms with E-state index in [2.05, 4.69) is 129 Å². The summed E-state index contributed by atoms with van der Waals surface area (Å²) < 4.78 is 6.74. The highest BCUT2D eigenvalue weighted by atomic mass is 15.1. The number of hydrogen-bond donors (Lipinski definition) is 0. The van der Waals surface area contributed by atoms with Gasteiger partial charge in [0.15, 0.2) is 0 Å². The van der Waals surface area contributed by atoms with Gasteiger partial charge in [0.1, 0.15) is 0 Å². The third-order valence-corrected chi connectivity index (χ3v) is 7.04. The van der Waals surface area contributed by atoms with Crippen molar-refractivity contribution < 1.29 is 4.57 Å². The van der Waals surface area contributed by atoms with E-state index in [1.807, 2.05) is 6.07 Å². The normalized spacial score (nSPS) is 12.1. The monoisotopic (exact) mass is 433 g/mol. The van der Waals surface area contributed by atoms with E-state index in [1.165, 1.54) is 38.1 Å². The average Bonchev–Trinajstić information content (AvgIpc) is 3.56. The molecule has 0 radical (unpaired) electrons. The van der Waals surface area contributed by atoms with Gasteiger partial charge in [-0.1, -0.05) is 84.9 Å². The van der Waals surface area contributed by atoms with Crippen molar-refractivity contribution in [1.82, 2.24) is 8.97 Å². The van der Waals surface area contributed by atoms with Crippen LogP contribution in [-0.4, -0.2) is 8.97 Å². The zero-order valence-corrected chi connectivity index (χ0v) is 18.3. The lowest BCUT2D eigenvalue weighted by molar-refractivity contribution is -0.572. The first-order valence-electron chi connectivity index (χ1n) is 11.6. The zero-order valence-electron chi connectivity index (χ0n) is 18.3. The molecular formula is C31H19N3. The summed E-state index contributed by atoms with van der Waals surface area (Å²) in [5.74, 6) is 0. The van der Waals surface area contributed by atoms with E-state index in [1.54, 1.807) is 0 Å². The Labute approximate surface area is 195 Å². The average molecular weight is 434 g/mol. The molecule has 0 aliphatic heterocycles. The number of benzene rings is 5.